The Bertz CT molecular complexity index is 741. The Morgan fingerprint density at radius 3 is 2.75 bits per heavy atom. The molecule has 0 aliphatic heterocycles. The molecular formula is C12H8FN3O4. The van der Waals surface area contributed by atoms with Gasteiger partial charge in [0.2, 0.25) is 0 Å². The Hall–Kier alpha value is -3.03. The molecule has 1 amide bonds. The maximum atomic E-state index is 13.5. The summed E-state index contributed by atoms with van der Waals surface area (Å²) in [5, 5.41) is 12.7. The van der Waals surface area contributed by atoms with Crippen LogP contribution in [0, 0.1) is 15.9 Å². The number of benzene rings is 1. The first-order valence-electron chi connectivity index (χ1n) is 5.41. The molecule has 1 heterocycles. The predicted molar refractivity (Wildman–Crippen MR) is 68.1 cm³/mol. The Morgan fingerprint density at radius 2 is 2.10 bits per heavy atom. The molecule has 2 rings (SSSR count). The molecule has 8 heteroatoms. The Kier molecular flexibility index (Phi) is 3.56. The highest BCUT2D eigenvalue weighted by atomic mass is 19.1. The van der Waals surface area contributed by atoms with Crippen LogP contribution in [0.2, 0.25) is 0 Å². The zero-order valence-electron chi connectivity index (χ0n) is 9.92. The van der Waals surface area contributed by atoms with E-state index in [9.17, 15) is 24.1 Å². The first-order chi connectivity index (χ1) is 9.49. The topological polar surface area (TPSA) is 105 Å². The van der Waals surface area contributed by atoms with E-state index in [0.29, 0.717) is 0 Å². The van der Waals surface area contributed by atoms with Crippen molar-refractivity contribution in [3.8, 4) is 0 Å². The number of aromatic nitrogens is 1. The number of pyridine rings is 1. The number of H-pyrrole nitrogens is 1. The number of anilines is 1. The van der Waals surface area contributed by atoms with Crippen LogP contribution in [0.4, 0.5) is 15.8 Å². The molecule has 0 bridgehead atoms. The standard InChI is InChI=1S/C12H8FN3O4/c13-9-2-1-7(16(19)20)5-10(9)15-12(18)8-6-14-4-3-11(8)17/h1-6H,(H,14,17)(H,15,18). The second kappa shape index (κ2) is 5.31. The summed E-state index contributed by atoms with van der Waals surface area (Å²) in [5.74, 6) is -1.69. The monoisotopic (exact) mass is 277 g/mol. The summed E-state index contributed by atoms with van der Waals surface area (Å²) in [6, 6.07) is 3.85. The highest BCUT2D eigenvalue weighted by Gasteiger charge is 2.15. The van der Waals surface area contributed by atoms with Crippen LogP contribution >= 0.6 is 0 Å². The molecule has 7 nitrogen and oxygen atoms in total. The van der Waals surface area contributed by atoms with Crippen molar-refractivity contribution in [3.63, 3.8) is 0 Å². The van der Waals surface area contributed by atoms with E-state index >= 15 is 0 Å². The van der Waals surface area contributed by atoms with Crippen LogP contribution in [0.5, 0.6) is 0 Å². The van der Waals surface area contributed by atoms with E-state index in [0.717, 1.165) is 30.5 Å². The molecule has 0 fully saturated rings. The Balaban J connectivity index is 2.33. The number of rotatable bonds is 3. The minimum absolute atomic E-state index is 0.224. The summed E-state index contributed by atoms with van der Waals surface area (Å²) in [6.07, 6.45) is 2.50. The van der Waals surface area contributed by atoms with Crippen LogP contribution in [0.3, 0.4) is 0 Å². The number of halogens is 1. The number of hydrogen-bond donors (Lipinski definition) is 2. The van der Waals surface area contributed by atoms with E-state index in [1.54, 1.807) is 0 Å². The number of amides is 1. The van der Waals surface area contributed by atoms with Crippen molar-refractivity contribution in [1.29, 1.82) is 0 Å². The smallest absolute Gasteiger partial charge is 0.271 e. The average molecular weight is 277 g/mol. The number of nitro benzene ring substituents is 1. The van der Waals surface area contributed by atoms with E-state index in [1.165, 1.54) is 6.20 Å². The number of carbonyl (C=O) groups is 1. The lowest BCUT2D eigenvalue weighted by atomic mass is 10.2. The summed E-state index contributed by atoms with van der Waals surface area (Å²) in [6.45, 7) is 0. The van der Waals surface area contributed by atoms with Gasteiger partial charge in [-0.3, -0.25) is 19.7 Å². The molecule has 2 N–H and O–H groups in total. The van der Waals surface area contributed by atoms with E-state index in [1.807, 2.05) is 0 Å². The predicted octanol–water partition coefficient (Wildman–Crippen LogP) is 1.67. The summed E-state index contributed by atoms with van der Waals surface area (Å²) in [4.78, 5) is 35.7. The second-order valence-electron chi connectivity index (χ2n) is 3.80. The number of nitrogens with one attached hydrogen (secondary N) is 2. The summed E-state index contributed by atoms with van der Waals surface area (Å²) in [7, 11) is 0. The highest BCUT2D eigenvalue weighted by molar-refractivity contribution is 6.04. The van der Waals surface area contributed by atoms with Crippen LogP contribution in [0.25, 0.3) is 0 Å². The Morgan fingerprint density at radius 1 is 1.35 bits per heavy atom. The maximum absolute atomic E-state index is 13.5. The van der Waals surface area contributed by atoms with Crippen molar-refractivity contribution < 1.29 is 14.1 Å². The normalized spacial score (nSPS) is 10.1. The SMILES string of the molecule is O=C(Nc1cc([N+](=O)[O-])ccc1F)c1c[nH]ccc1=O. The summed E-state index contributed by atoms with van der Waals surface area (Å²) in [5.41, 5.74) is -1.51. The fourth-order valence-corrected chi connectivity index (χ4v) is 1.51. The van der Waals surface area contributed by atoms with Gasteiger partial charge in [0, 0.05) is 30.6 Å². The van der Waals surface area contributed by atoms with Crippen molar-refractivity contribution in [3.05, 3.63) is 68.4 Å². The van der Waals surface area contributed by atoms with Crippen molar-refractivity contribution >= 4 is 17.3 Å². The van der Waals surface area contributed by atoms with Crippen LogP contribution in [-0.2, 0) is 0 Å². The average Bonchev–Trinajstić information content (AvgIpc) is 2.41. The van der Waals surface area contributed by atoms with Gasteiger partial charge in [0.1, 0.15) is 11.4 Å². The van der Waals surface area contributed by atoms with Crippen molar-refractivity contribution in [2.75, 3.05) is 5.32 Å². The molecule has 0 saturated heterocycles. The zero-order valence-corrected chi connectivity index (χ0v) is 9.92. The maximum Gasteiger partial charge on any atom is 0.271 e. The van der Waals surface area contributed by atoms with Crippen molar-refractivity contribution in [2.45, 2.75) is 0 Å². The first-order valence-corrected chi connectivity index (χ1v) is 5.41. The van der Waals surface area contributed by atoms with Crippen LogP contribution in [-0.4, -0.2) is 15.8 Å². The second-order valence-corrected chi connectivity index (χ2v) is 3.80. The number of hydrogen-bond acceptors (Lipinski definition) is 4. The van der Waals surface area contributed by atoms with Gasteiger partial charge in [0.15, 0.2) is 5.43 Å². The number of nitrogens with zero attached hydrogens (tertiary/aromatic N) is 1. The molecular weight excluding hydrogens is 269 g/mol. The molecule has 0 spiro atoms. The van der Waals surface area contributed by atoms with Gasteiger partial charge in [-0.15, -0.1) is 0 Å². The quantitative estimate of drug-likeness (QED) is 0.657. The molecule has 0 saturated carbocycles. The molecule has 0 unspecified atom stereocenters. The number of non-ortho nitro benzene ring substituents is 1. The Labute approximate surface area is 111 Å². The third-order valence-electron chi connectivity index (χ3n) is 2.48. The highest BCUT2D eigenvalue weighted by Crippen LogP contribution is 2.21. The third kappa shape index (κ3) is 2.69. The third-order valence-corrected chi connectivity index (χ3v) is 2.48. The lowest BCUT2D eigenvalue weighted by Crippen LogP contribution is -2.21. The largest absolute Gasteiger partial charge is 0.367 e. The van der Waals surface area contributed by atoms with Gasteiger partial charge in [0.25, 0.3) is 11.6 Å². The summed E-state index contributed by atoms with van der Waals surface area (Å²) < 4.78 is 13.5. The van der Waals surface area contributed by atoms with E-state index in [2.05, 4.69) is 10.3 Å². The lowest BCUT2D eigenvalue weighted by molar-refractivity contribution is -0.384. The molecule has 2 aromatic rings. The van der Waals surface area contributed by atoms with Crippen molar-refractivity contribution in [1.82, 2.24) is 4.98 Å². The first kappa shape index (κ1) is 13.4. The zero-order chi connectivity index (χ0) is 14.7. The molecule has 20 heavy (non-hydrogen) atoms. The molecule has 0 aliphatic rings. The van der Waals surface area contributed by atoms with Crippen LogP contribution in [0.15, 0.2) is 41.5 Å². The minimum Gasteiger partial charge on any atom is -0.367 e. The van der Waals surface area contributed by atoms with Gasteiger partial charge in [-0.1, -0.05) is 0 Å². The van der Waals surface area contributed by atoms with E-state index in [4.69, 9.17) is 0 Å². The van der Waals surface area contributed by atoms with Crippen molar-refractivity contribution in [2.24, 2.45) is 0 Å². The molecule has 1 aromatic carbocycles. The van der Waals surface area contributed by atoms with Gasteiger partial charge in [-0.25, -0.2) is 4.39 Å². The van der Waals surface area contributed by atoms with E-state index < -0.39 is 22.1 Å². The lowest BCUT2D eigenvalue weighted by Gasteiger charge is -2.05. The fourth-order valence-electron chi connectivity index (χ4n) is 1.51. The molecule has 102 valence electrons. The van der Waals surface area contributed by atoms with Gasteiger partial charge in [-0.2, -0.15) is 0 Å². The number of carbonyl (C=O) groups excluding carboxylic acids is 1. The molecule has 0 aliphatic carbocycles. The van der Waals surface area contributed by atoms with Gasteiger partial charge < -0.3 is 10.3 Å². The van der Waals surface area contributed by atoms with E-state index in [-0.39, 0.29) is 16.9 Å². The van der Waals surface area contributed by atoms with Gasteiger partial charge in [0.05, 0.1) is 10.6 Å². The summed E-state index contributed by atoms with van der Waals surface area (Å²) >= 11 is 0. The number of aromatic amines is 1. The fraction of sp³-hybridized carbons (Fsp3) is 0. The number of nitro groups is 1. The van der Waals surface area contributed by atoms with Gasteiger partial charge in [-0.05, 0) is 6.07 Å². The van der Waals surface area contributed by atoms with Crippen LogP contribution < -0.4 is 10.7 Å². The molecule has 0 radical (unpaired) electrons. The van der Waals surface area contributed by atoms with Gasteiger partial charge >= 0.3 is 0 Å². The molecule has 0 atom stereocenters. The molecule has 1 aromatic heterocycles. The van der Waals surface area contributed by atoms with Crippen LogP contribution in [0.1, 0.15) is 10.4 Å². The minimum atomic E-state index is -0.855.